The van der Waals surface area contributed by atoms with Crippen molar-refractivity contribution in [1.29, 1.82) is 0 Å². The maximum absolute atomic E-state index is 11.5. The molecule has 0 aliphatic carbocycles. The van der Waals surface area contributed by atoms with E-state index >= 15 is 0 Å². The summed E-state index contributed by atoms with van der Waals surface area (Å²) in [5.74, 6) is -0.110. The Kier molecular flexibility index (Phi) is 3.36. The van der Waals surface area contributed by atoms with Gasteiger partial charge in [-0.15, -0.1) is 0 Å². The fourth-order valence-electron chi connectivity index (χ4n) is 2.38. The standard InChI is InChI=1S/C12H17N3O3/c1-7-3-4-9(6-15(7)8(2)16)12-13-10(17)5-11(18)14-12/h5,7,9H,3-4,6H2,1-2H3,(H2,13,14,17,18)/t7-,9+/m0/s1. The maximum atomic E-state index is 11.5. The molecule has 1 amide bonds. The second kappa shape index (κ2) is 4.80. The average Bonchev–Trinajstić information content (AvgIpc) is 2.27. The molecule has 0 aromatic carbocycles. The van der Waals surface area contributed by atoms with Gasteiger partial charge >= 0.3 is 0 Å². The largest absolute Gasteiger partial charge is 0.493 e. The van der Waals surface area contributed by atoms with Gasteiger partial charge in [0.25, 0.3) is 0 Å². The smallest absolute Gasteiger partial charge is 0.219 e. The van der Waals surface area contributed by atoms with E-state index in [0.717, 1.165) is 18.9 Å². The molecule has 0 bridgehead atoms. The lowest BCUT2D eigenvalue weighted by Gasteiger charge is -2.36. The first-order chi connectivity index (χ1) is 8.47. The van der Waals surface area contributed by atoms with Crippen LogP contribution in [0.3, 0.4) is 0 Å². The molecule has 18 heavy (non-hydrogen) atoms. The first-order valence-electron chi connectivity index (χ1n) is 6.01. The van der Waals surface area contributed by atoms with Gasteiger partial charge in [0, 0.05) is 25.4 Å². The van der Waals surface area contributed by atoms with Crippen molar-refractivity contribution in [2.24, 2.45) is 0 Å². The number of hydrogen-bond acceptors (Lipinski definition) is 5. The zero-order valence-electron chi connectivity index (χ0n) is 10.5. The Morgan fingerprint density at radius 2 is 1.94 bits per heavy atom. The number of aromatic nitrogens is 2. The minimum absolute atomic E-state index is 0.0246. The predicted octanol–water partition coefficient (Wildman–Crippen LogP) is 1.00. The summed E-state index contributed by atoms with van der Waals surface area (Å²) in [6, 6.07) is 1.31. The fourth-order valence-corrected chi connectivity index (χ4v) is 2.38. The van der Waals surface area contributed by atoms with Crippen molar-refractivity contribution in [2.45, 2.75) is 38.6 Å². The minimum Gasteiger partial charge on any atom is -0.493 e. The summed E-state index contributed by atoms with van der Waals surface area (Å²) >= 11 is 0. The maximum Gasteiger partial charge on any atom is 0.219 e. The molecule has 1 saturated heterocycles. The van der Waals surface area contributed by atoms with Crippen LogP contribution >= 0.6 is 0 Å². The number of hydrogen-bond donors (Lipinski definition) is 2. The molecule has 98 valence electrons. The van der Waals surface area contributed by atoms with Gasteiger partial charge in [0.05, 0.1) is 6.07 Å². The highest BCUT2D eigenvalue weighted by atomic mass is 16.3. The summed E-state index contributed by atoms with van der Waals surface area (Å²) in [5.41, 5.74) is 0. The van der Waals surface area contributed by atoms with Gasteiger partial charge in [0.2, 0.25) is 17.7 Å². The van der Waals surface area contributed by atoms with Gasteiger partial charge in [-0.1, -0.05) is 0 Å². The first-order valence-corrected chi connectivity index (χ1v) is 6.01. The number of rotatable bonds is 1. The van der Waals surface area contributed by atoms with Crippen LogP contribution in [0.1, 0.15) is 38.4 Å². The minimum atomic E-state index is -0.245. The van der Waals surface area contributed by atoms with Crippen LogP contribution in [0.2, 0.25) is 0 Å². The summed E-state index contributed by atoms with van der Waals surface area (Å²) in [5, 5.41) is 18.7. The molecule has 6 heteroatoms. The van der Waals surface area contributed by atoms with Crippen LogP contribution in [0, 0.1) is 0 Å². The van der Waals surface area contributed by atoms with Gasteiger partial charge in [0.1, 0.15) is 5.82 Å². The molecule has 2 rings (SSSR count). The van der Waals surface area contributed by atoms with E-state index in [4.69, 9.17) is 0 Å². The lowest BCUT2D eigenvalue weighted by atomic mass is 9.92. The zero-order valence-corrected chi connectivity index (χ0v) is 10.5. The number of nitrogens with zero attached hydrogens (tertiary/aromatic N) is 3. The third kappa shape index (κ3) is 2.52. The molecule has 1 aromatic rings. The number of aromatic hydroxyl groups is 2. The monoisotopic (exact) mass is 251 g/mol. The highest BCUT2D eigenvalue weighted by Gasteiger charge is 2.29. The Balaban J connectivity index is 2.21. The Morgan fingerprint density at radius 3 is 2.50 bits per heavy atom. The molecule has 1 fully saturated rings. The van der Waals surface area contributed by atoms with E-state index in [9.17, 15) is 15.0 Å². The average molecular weight is 251 g/mol. The number of carbonyl (C=O) groups excluding carboxylic acids is 1. The van der Waals surface area contributed by atoms with Crippen LogP contribution in [0.25, 0.3) is 0 Å². The van der Waals surface area contributed by atoms with Gasteiger partial charge in [-0.05, 0) is 19.8 Å². The van der Waals surface area contributed by atoms with E-state index in [1.165, 1.54) is 0 Å². The topological polar surface area (TPSA) is 86.6 Å². The number of likely N-dealkylation sites (tertiary alicyclic amines) is 1. The van der Waals surface area contributed by atoms with E-state index in [2.05, 4.69) is 9.97 Å². The summed E-state index contributed by atoms with van der Waals surface area (Å²) in [4.78, 5) is 21.1. The molecule has 2 heterocycles. The van der Waals surface area contributed by atoms with Crippen LogP contribution in [0.4, 0.5) is 0 Å². The van der Waals surface area contributed by atoms with Crippen LogP contribution in [0.5, 0.6) is 11.8 Å². The number of piperidine rings is 1. The van der Waals surface area contributed by atoms with Crippen molar-refractivity contribution in [3.8, 4) is 11.8 Å². The van der Waals surface area contributed by atoms with E-state index in [0.29, 0.717) is 12.4 Å². The Hall–Kier alpha value is -1.85. The Bertz CT molecular complexity index is 444. The first kappa shape index (κ1) is 12.6. The SMILES string of the molecule is CC(=O)N1C[C@H](c2nc(O)cc(O)n2)CC[C@@H]1C. The van der Waals surface area contributed by atoms with Gasteiger partial charge < -0.3 is 15.1 Å². The predicted molar refractivity (Wildman–Crippen MR) is 64.2 cm³/mol. The summed E-state index contributed by atoms with van der Waals surface area (Å²) < 4.78 is 0. The lowest BCUT2D eigenvalue weighted by molar-refractivity contribution is -0.132. The van der Waals surface area contributed by atoms with Gasteiger partial charge in [-0.25, -0.2) is 0 Å². The molecule has 2 N–H and O–H groups in total. The Labute approximate surface area is 105 Å². The van der Waals surface area contributed by atoms with E-state index in [1.54, 1.807) is 11.8 Å². The normalized spacial score (nSPS) is 24.0. The van der Waals surface area contributed by atoms with Crippen LogP contribution in [-0.2, 0) is 4.79 Å². The van der Waals surface area contributed by atoms with Crippen molar-refractivity contribution in [3.05, 3.63) is 11.9 Å². The van der Waals surface area contributed by atoms with Crippen molar-refractivity contribution in [3.63, 3.8) is 0 Å². The van der Waals surface area contributed by atoms with Crippen LogP contribution in [0.15, 0.2) is 6.07 Å². The molecule has 1 aliphatic rings. The van der Waals surface area contributed by atoms with Crippen LogP contribution in [-0.4, -0.2) is 43.6 Å². The zero-order chi connectivity index (χ0) is 13.3. The number of carbonyl (C=O) groups is 1. The fraction of sp³-hybridized carbons (Fsp3) is 0.583. The van der Waals surface area contributed by atoms with Gasteiger partial charge in [0.15, 0.2) is 0 Å². The van der Waals surface area contributed by atoms with E-state index in [-0.39, 0.29) is 29.6 Å². The molecule has 0 spiro atoms. The molecule has 2 atom stereocenters. The van der Waals surface area contributed by atoms with Gasteiger partial charge in [-0.3, -0.25) is 4.79 Å². The molecular weight excluding hydrogens is 234 g/mol. The molecule has 1 aliphatic heterocycles. The highest BCUT2D eigenvalue weighted by molar-refractivity contribution is 5.73. The lowest BCUT2D eigenvalue weighted by Crippen LogP contribution is -2.44. The molecule has 1 aromatic heterocycles. The van der Waals surface area contributed by atoms with Crippen molar-refractivity contribution in [2.75, 3.05) is 6.54 Å². The molecular formula is C12H17N3O3. The molecule has 0 unspecified atom stereocenters. The quantitative estimate of drug-likeness (QED) is 0.777. The molecule has 6 nitrogen and oxygen atoms in total. The summed E-state index contributed by atoms with van der Waals surface area (Å²) in [7, 11) is 0. The van der Waals surface area contributed by atoms with Crippen molar-refractivity contribution < 1.29 is 15.0 Å². The van der Waals surface area contributed by atoms with Crippen LogP contribution < -0.4 is 0 Å². The molecule has 0 saturated carbocycles. The highest BCUT2D eigenvalue weighted by Crippen LogP contribution is 2.29. The summed E-state index contributed by atoms with van der Waals surface area (Å²) in [6.07, 6.45) is 1.71. The van der Waals surface area contributed by atoms with E-state index < -0.39 is 0 Å². The third-order valence-corrected chi connectivity index (χ3v) is 3.37. The second-order valence-electron chi connectivity index (χ2n) is 4.74. The van der Waals surface area contributed by atoms with Crippen molar-refractivity contribution >= 4 is 5.91 Å². The summed E-state index contributed by atoms with van der Waals surface area (Å²) in [6.45, 7) is 4.08. The Morgan fingerprint density at radius 1 is 1.33 bits per heavy atom. The third-order valence-electron chi connectivity index (χ3n) is 3.37. The second-order valence-corrected chi connectivity index (χ2v) is 4.74. The van der Waals surface area contributed by atoms with E-state index in [1.807, 2.05) is 6.92 Å². The van der Waals surface area contributed by atoms with Crippen molar-refractivity contribution in [1.82, 2.24) is 14.9 Å². The molecule has 0 radical (unpaired) electrons. The number of amides is 1. The van der Waals surface area contributed by atoms with Gasteiger partial charge in [-0.2, -0.15) is 9.97 Å².